The average molecular weight is 1550 g/mol. The Hall–Kier alpha value is -13.3. The summed E-state index contributed by atoms with van der Waals surface area (Å²) in [7, 11) is 0. The lowest BCUT2D eigenvalue weighted by Crippen LogP contribution is -2.57. The first-order valence-corrected chi connectivity index (χ1v) is 31.4. The second kappa shape index (κ2) is 46.5. The fourth-order valence-electron chi connectivity index (χ4n) is 8.51. The Labute approximate surface area is 612 Å². The highest BCUT2D eigenvalue weighted by atomic mass is 19.4. The minimum absolute atomic E-state index is 0.0195. The van der Waals surface area contributed by atoms with E-state index in [-0.39, 0.29) is 121 Å². The lowest BCUT2D eigenvalue weighted by Gasteiger charge is -2.29. The molecule has 0 aromatic heterocycles. The van der Waals surface area contributed by atoms with Crippen LogP contribution in [0.2, 0.25) is 0 Å². The quantitative estimate of drug-likeness (QED) is 0.00912. The predicted octanol–water partition coefficient (Wildman–Crippen LogP) is 0.0200. The van der Waals surface area contributed by atoms with Crippen molar-refractivity contribution < 1.29 is 159 Å². The minimum atomic E-state index is -5.08. The number of carbonyl (C=O) groups is 15. The van der Waals surface area contributed by atoms with Gasteiger partial charge < -0.3 is 117 Å². The number of ether oxygens (including phenoxy) is 8. The standard InChI is InChI=1S/C62H74N12O28.C2HF3O2/c63-59(64)69-39-9-5-37(6-10-39)57(91)101-41-13-1-35(2-14-41)33-99-61(93)73(31-51(83)84)45(29-49(79)80)55(89)71-43(27-47(75)76)53(87)67-17-19-95-21-23-97-25-26-98-24-22-96-20-18-68-54(88)44(28-48(77)78)72-56(90)46(30-50(81)82)74(32-52(85)86)62(94)100-34-36-3-15-42(16-4-36)102-58(92)38-7-11-40(12-8-38)70-60(65)66;3-2(4,5)1(6)7/h1-16,43-46H,17-34H2,(H,67,87)(H,68,88)(H,71,89)(H,72,90)(H,75,76)(H,77,78)(H,79,80)(H,81,82)(H,83,84)(H,85,86)(H4,63,64,69)(H4,65,66,70);(H,6,7)/t43-,44-,45-,46-;/m0./s1. The number of rotatable bonds is 45. The van der Waals surface area contributed by atoms with Crippen molar-refractivity contribution >= 4 is 113 Å². The summed E-state index contributed by atoms with van der Waals surface area (Å²) in [6.07, 6.45) is -12.6. The molecule has 4 aromatic rings. The van der Waals surface area contributed by atoms with E-state index in [1.165, 1.54) is 97.1 Å². The van der Waals surface area contributed by atoms with Gasteiger partial charge in [-0.3, -0.25) is 68.6 Å². The summed E-state index contributed by atoms with van der Waals surface area (Å²) >= 11 is 0. The Kier molecular flexibility index (Phi) is 38.4. The lowest BCUT2D eigenvalue weighted by atomic mass is 10.1. The topological polar surface area (TPSA) is 650 Å². The lowest BCUT2D eigenvalue weighted by molar-refractivity contribution is -0.192. The minimum Gasteiger partial charge on any atom is -0.481 e. The van der Waals surface area contributed by atoms with Crippen LogP contribution < -0.4 is 52.8 Å². The number of carbonyl (C=O) groups excluding carboxylic acids is 8. The van der Waals surface area contributed by atoms with Gasteiger partial charge in [0.05, 0.1) is 89.7 Å². The molecule has 109 heavy (non-hydrogen) atoms. The van der Waals surface area contributed by atoms with Gasteiger partial charge in [-0.2, -0.15) is 13.2 Å². The molecule has 0 bridgehead atoms. The molecule has 42 nitrogen and oxygen atoms in total. The van der Waals surface area contributed by atoms with Crippen LogP contribution in [0, 0.1) is 10.8 Å². The van der Waals surface area contributed by atoms with Crippen LogP contribution >= 0.6 is 0 Å². The maximum absolute atomic E-state index is 13.5. The summed E-state index contributed by atoms with van der Waals surface area (Å²) in [5.74, 6) is -19.7. The summed E-state index contributed by atoms with van der Waals surface area (Å²) in [5, 5.41) is 93.2. The smallest absolute Gasteiger partial charge is 0.481 e. The number of hydrogen-bond acceptors (Lipinski definition) is 25. The van der Waals surface area contributed by atoms with E-state index in [2.05, 4.69) is 31.9 Å². The summed E-state index contributed by atoms with van der Waals surface area (Å²) < 4.78 is 74.4. The number of hydrogen-bond donors (Lipinski definition) is 17. The Morgan fingerprint density at radius 1 is 0.413 bits per heavy atom. The molecule has 4 atom stereocenters. The third-order valence-electron chi connectivity index (χ3n) is 13.4. The van der Waals surface area contributed by atoms with Crippen molar-refractivity contribution in [3.63, 3.8) is 0 Å². The van der Waals surface area contributed by atoms with Gasteiger partial charge in [0.2, 0.25) is 23.6 Å². The maximum atomic E-state index is 13.5. The van der Waals surface area contributed by atoms with Gasteiger partial charge in [-0.15, -0.1) is 0 Å². The number of nitrogens with one attached hydrogen (secondary N) is 8. The van der Waals surface area contributed by atoms with Gasteiger partial charge in [-0.05, 0) is 83.9 Å². The van der Waals surface area contributed by atoms with E-state index in [1.807, 2.05) is 0 Å². The fraction of sp³-hybridized carbons (Fsp3) is 0.359. The average Bonchev–Trinajstić information content (AvgIpc) is 0.844. The largest absolute Gasteiger partial charge is 0.490 e. The van der Waals surface area contributed by atoms with Gasteiger partial charge >= 0.3 is 72.1 Å². The first-order chi connectivity index (χ1) is 51.4. The first-order valence-electron chi connectivity index (χ1n) is 31.4. The van der Waals surface area contributed by atoms with E-state index < -0.39 is 172 Å². The van der Waals surface area contributed by atoms with Crippen LogP contribution in [-0.2, 0) is 94.4 Å². The summed E-state index contributed by atoms with van der Waals surface area (Å²) in [6.45, 7) is -4.39. The highest BCUT2D eigenvalue weighted by Gasteiger charge is 2.40. The zero-order valence-corrected chi connectivity index (χ0v) is 57.0. The number of halogens is 3. The molecular formula is C64H75F3N12O30. The zero-order chi connectivity index (χ0) is 81.3. The number of amides is 6. The molecule has 0 unspecified atom stereocenters. The number of alkyl halides is 3. The second-order valence-corrected chi connectivity index (χ2v) is 21.8. The van der Waals surface area contributed by atoms with E-state index in [9.17, 15) is 111 Å². The van der Waals surface area contributed by atoms with Gasteiger partial charge in [0.25, 0.3) is 0 Å². The van der Waals surface area contributed by atoms with Crippen molar-refractivity contribution in [3.8, 4) is 11.5 Å². The SMILES string of the molecule is N=C(N)Nc1ccc(C(=O)Oc2ccc(COC(=O)N(CC(=O)O)[C@@H](CC(=O)O)C(=O)N[C@@H](CC(=O)O)C(=O)NCCOCCOCCOCCOCCNC(=O)[C@H](CC(=O)O)NC(=O)[C@H](CC(=O)O)N(CC(=O)O)C(=O)OCc3ccc(OC(=O)c4ccc(NC(=N)N)cc4)cc3)cc2)cc1.O=C(O)C(F)(F)F. The molecule has 0 aliphatic rings. The number of anilines is 2. The number of benzene rings is 4. The van der Waals surface area contributed by atoms with E-state index >= 15 is 0 Å². The second-order valence-electron chi connectivity index (χ2n) is 21.8. The van der Waals surface area contributed by atoms with Crippen molar-refractivity contribution in [1.29, 1.82) is 10.8 Å². The first kappa shape index (κ1) is 89.9. The molecule has 0 radical (unpaired) electrons. The Bertz CT molecular complexity index is 3600. The van der Waals surface area contributed by atoms with Crippen molar-refractivity contribution in [1.82, 2.24) is 31.1 Å². The van der Waals surface area contributed by atoms with Gasteiger partial charge in [0, 0.05) is 24.5 Å². The predicted molar refractivity (Wildman–Crippen MR) is 359 cm³/mol. The van der Waals surface area contributed by atoms with Gasteiger partial charge in [0.1, 0.15) is 62.0 Å². The van der Waals surface area contributed by atoms with Crippen LogP contribution in [0.25, 0.3) is 0 Å². The van der Waals surface area contributed by atoms with E-state index in [0.717, 1.165) is 0 Å². The Morgan fingerprint density at radius 3 is 0.972 bits per heavy atom. The van der Waals surface area contributed by atoms with Gasteiger partial charge in [0.15, 0.2) is 11.9 Å². The molecule has 4 rings (SSSR count). The molecule has 4 aromatic carbocycles. The Morgan fingerprint density at radius 2 is 0.706 bits per heavy atom. The monoisotopic (exact) mass is 1550 g/mol. The highest BCUT2D eigenvalue weighted by Crippen LogP contribution is 2.21. The third-order valence-corrected chi connectivity index (χ3v) is 13.4. The van der Waals surface area contributed by atoms with Crippen molar-refractivity contribution in [3.05, 3.63) is 119 Å². The number of nitrogens with zero attached hydrogens (tertiary/aromatic N) is 2. The van der Waals surface area contributed by atoms with Crippen LogP contribution in [0.1, 0.15) is 57.5 Å². The summed E-state index contributed by atoms with van der Waals surface area (Å²) in [6, 6.07) is 14.4. The third kappa shape index (κ3) is 36.3. The van der Waals surface area contributed by atoms with Crippen LogP contribution in [0.3, 0.4) is 0 Å². The summed E-state index contributed by atoms with van der Waals surface area (Å²) in [4.78, 5) is 186. The highest BCUT2D eigenvalue weighted by molar-refractivity contribution is 5.98. The molecule has 6 amide bonds. The molecule has 0 aliphatic carbocycles. The van der Waals surface area contributed by atoms with Crippen molar-refractivity contribution in [2.75, 3.05) is 89.7 Å². The number of carboxylic acid groups (broad SMARTS) is 7. The molecule has 45 heteroatoms. The Balaban J connectivity index is 0.00000418. The van der Waals surface area contributed by atoms with Gasteiger partial charge in [-0.25, -0.2) is 24.0 Å². The van der Waals surface area contributed by atoms with E-state index in [4.69, 9.17) is 70.1 Å². The molecule has 0 fully saturated rings. The van der Waals surface area contributed by atoms with E-state index in [1.54, 1.807) is 0 Å². The number of esters is 2. The summed E-state index contributed by atoms with van der Waals surface area (Å²) in [5.41, 5.74) is 12.3. The molecule has 0 saturated carbocycles. The molecule has 0 spiro atoms. The number of aliphatic carboxylic acids is 7. The van der Waals surface area contributed by atoms with Crippen LogP contribution in [0.5, 0.6) is 11.5 Å². The molecule has 0 saturated heterocycles. The molecule has 0 aliphatic heterocycles. The molecular weight excluding hydrogens is 1470 g/mol. The molecule has 19 N–H and O–H groups in total. The van der Waals surface area contributed by atoms with Crippen molar-refractivity contribution in [2.24, 2.45) is 11.5 Å². The number of guanidine groups is 2. The van der Waals surface area contributed by atoms with Crippen molar-refractivity contribution in [2.45, 2.75) is 69.2 Å². The van der Waals surface area contributed by atoms with Crippen LogP contribution in [0.15, 0.2) is 97.1 Å². The van der Waals surface area contributed by atoms with Crippen LogP contribution in [0.4, 0.5) is 34.1 Å². The zero-order valence-electron chi connectivity index (χ0n) is 57.0. The molecule has 0 heterocycles. The number of carboxylic acids is 7. The normalized spacial score (nSPS) is 11.8. The maximum Gasteiger partial charge on any atom is 0.490 e. The van der Waals surface area contributed by atoms with Crippen LogP contribution in [-0.4, -0.2) is 256 Å². The molecule has 592 valence electrons. The van der Waals surface area contributed by atoms with Gasteiger partial charge in [-0.1, -0.05) is 24.3 Å². The number of nitrogens with two attached hydrogens (primary N) is 2. The fourth-order valence-corrected chi connectivity index (χ4v) is 8.51. The van der Waals surface area contributed by atoms with E-state index in [0.29, 0.717) is 11.4 Å².